The Morgan fingerprint density at radius 3 is 0.957 bits per heavy atom. The van der Waals surface area contributed by atoms with Crippen LogP contribution in [-0.2, 0) is 0 Å². The Labute approximate surface area is 290 Å². The number of rotatable bonds is 5. The molecule has 6 aromatic carbocycles. The fourth-order valence-electron chi connectivity index (χ4n) is 4.57. The van der Waals surface area contributed by atoms with E-state index in [2.05, 4.69) is 56.1 Å². The summed E-state index contributed by atoms with van der Waals surface area (Å²) in [7, 11) is 0. The van der Waals surface area contributed by atoms with Gasteiger partial charge in [-0.2, -0.15) is 0 Å². The van der Waals surface area contributed by atoms with Gasteiger partial charge >= 0.3 is 0 Å². The van der Waals surface area contributed by atoms with Crippen LogP contribution >= 0.6 is 31.9 Å². The smallest absolute Gasteiger partial charge is 0.277 e. The summed E-state index contributed by atoms with van der Waals surface area (Å²) in [6.07, 6.45) is 0. The monoisotopic (exact) mass is 754 g/mol. The Morgan fingerprint density at radius 2 is 0.660 bits per heavy atom. The lowest BCUT2D eigenvalue weighted by molar-refractivity contribution is -0.386. The first kappa shape index (κ1) is 36.2. The van der Waals surface area contributed by atoms with Gasteiger partial charge in [0, 0.05) is 43.6 Å². The number of halogens is 2. The van der Waals surface area contributed by atoms with Gasteiger partial charge in [-0.3, -0.25) is 20.2 Å². The van der Waals surface area contributed by atoms with Crippen molar-refractivity contribution in [1.82, 2.24) is 0 Å². The number of nitrogens with two attached hydrogens (primary N) is 2. The molecule has 4 N–H and O–H groups in total. The van der Waals surface area contributed by atoms with Crippen molar-refractivity contribution in [3.05, 3.63) is 175 Å². The molecule has 8 nitrogen and oxygen atoms in total. The van der Waals surface area contributed by atoms with Crippen molar-refractivity contribution in [2.45, 2.75) is 7.43 Å². The molecule has 0 fully saturated rings. The number of nitrogens with zero attached hydrogens (tertiary/aromatic N) is 2. The molecule has 6 rings (SSSR count). The standard InChI is InChI=1S/C12H8Br2.C12H8N2O4.C12H12N2.CH4/c13-11-7-3-1-5-9(11)10-6-2-4-8-12(10)14;15-13(16)11-7-3-1-5-9(11)10-6-2-4-8-12(10)14(17)18;13-11-7-3-1-5-9(11)10-6-2-4-8-12(10)14;/h1-8H;1-8H;1-8H,13-14H2;1H4. The number of hydrogen-bond donors (Lipinski definition) is 2. The van der Waals surface area contributed by atoms with Gasteiger partial charge in [0.15, 0.2) is 0 Å². The van der Waals surface area contributed by atoms with E-state index in [9.17, 15) is 20.2 Å². The summed E-state index contributed by atoms with van der Waals surface area (Å²) in [5, 5.41) is 21.8. The summed E-state index contributed by atoms with van der Waals surface area (Å²) in [6.45, 7) is 0. The quantitative estimate of drug-likeness (QED) is 0.102. The average Bonchev–Trinajstić information content (AvgIpc) is 3.07. The number of anilines is 2. The van der Waals surface area contributed by atoms with Crippen molar-refractivity contribution in [2.24, 2.45) is 0 Å². The fraction of sp³-hybridized carbons (Fsp3) is 0.0270. The third-order valence-corrected chi connectivity index (χ3v) is 8.12. The van der Waals surface area contributed by atoms with E-state index in [1.54, 1.807) is 12.1 Å². The van der Waals surface area contributed by atoms with Crippen molar-refractivity contribution < 1.29 is 9.85 Å². The van der Waals surface area contributed by atoms with E-state index in [1.165, 1.54) is 47.5 Å². The van der Waals surface area contributed by atoms with Crippen LogP contribution < -0.4 is 11.5 Å². The maximum atomic E-state index is 10.9. The van der Waals surface area contributed by atoms with E-state index in [4.69, 9.17) is 11.5 Å². The summed E-state index contributed by atoms with van der Waals surface area (Å²) in [6, 6.07) is 43.8. The number of benzene rings is 6. The van der Waals surface area contributed by atoms with Crippen LogP contribution in [0.25, 0.3) is 33.4 Å². The molecule has 0 aliphatic rings. The van der Waals surface area contributed by atoms with E-state index < -0.39 is 9.85 Å². The van der Waals surface area contributed by atoms with Crippen LogP contribution in [0.5, 0.6) is 0 Å². The van der Waals surface area contributed by atoms with Crippen molar-refractivity contribution in [2.75, 3.05) is 11.5 Å². The summed E-state index contributed by atoms with van der Waals surface area (Å²) in [5.41, 5.74) is 17.8. The first-order valence-electron chi connectivity index (χ1n) is 13.8. The second-order valence-corrected chi connectivity index (χ2v) is 11.4. The highest BCUT2D eigenvalue weighted by Gasteiger charge is 2.21. The van der Waals surface area contributed by atoms with Crippen molar-refractivity contribution in [3.8, 4) is 33.4 Å². The minimum atomic E-state index is -0.550. The highest BCUT2D eigenvalue weighted by atomic mass is 79.9. The van der Waals surface area contributed by atoms with E-state index in [0.717, 1.165) is 31.4 Å². The summed E-state index contributed by atoms with van der Waals surface area (Å²) >= 11 is 7.09. The Balaban J connectivity index is 0.000000192. The molecular formula is C37H32Br2N4O4. The van der Waals surface area contributed by atoms with E-state index in [-0.39, 0.29) is 29.9 Å². The minimum Gasteiger partial charge on any atom is -0.398 e. The molecule has 6 aromatic rings. The number of nitro benzene ring substituents is 2. The Bertz CT molecular complexity index is 1760. The number of nitrogen functional groups attached to an aromatic ring is 2. The molecule has 0 saturated carbocycles. The molecule has 47 heavy (non-hydrogen) atoms. The third-order valence-electron chi connectivity index (χ3n) is 6.74. The predicted molar refractivity (Wildman–Crippen MR) is 200 cm³/mol. The second-order valence-electron chi connectivity index (χ2n) is 9.68. The molecule has 0 bridgehead atoms. The maximum Gasteiger partial charge on any atom is 0.277 e. The molecule has 0 heterocycles. The molecule has 0 aliphatic carbocycles. The molecule has 238 valence electrons. The van der Waals surface area contributed by atoms with Crippen molar-refractivity contribution in [3.63, 3.8) is 0 Å². The van der Waals surface area contributed by atoms with Crippen LogP contribution in [0, 0.1) is 20.2 Å². The summed E-state index contributed by atoms with van der Waals surface area (Å²) in [5.74, 6) is 0. The van der Waals surface area contributed by atoms with E-state index in [1.807, 2.05) is 72.8 Å². The fourth-order valence-corrected chi connectivity index (χ4v) is 5.56. The summed E-state index contributed by atoms with van der Waals surface area (Å²) in [4.78, 5) is 20.7. The largest absolute Gasteiger partial charge is 0.398 e. The predicted octanol–water partition coefficient (Wildman–Crippen LogP) is 11.2. The second kappa shape index (κ2) is 17.4. The van der Waals surface area contributed by atoms with Gasteiger partial charge in [-0.1, -0.05) is 136 Å². The highest BCUT2D eigenvalue weighted by molar-refractivity contribution is 9.11. The molecule has 0 atom stereocenters. The number of hydrogen-bond acceptors (Lipinski definition) is 6. The average molecular weight is 756 g/mol. The first-order chi connectivity index (χ1) is 22.2. The molecule has 0 aromatic heterocycles. The maximum absolute atomic E-state index is 10.9. The zero-order valence-corrected chi connectivity index (χ0v) is 27.5. The van der Waals surface area contributed by atoms with Crippen LogP contribution in [0.1, 0.15) is 7.43 Å². The lowest BCUT2D eigenvalue weighted by Gasteiger charge is -2.07. The molecule has 10 heteroatoms. The molecule has 0 unspecified atom stereocenters. The molecule has 0 saturated heterocycles. The van der Waals surface area contributed by atoms with Gasteiger partial charge in [0.05, 0.1) is 21.0 Å². The molecule has 0 aliphatic heterocycles. The normalized spacial score (nSPS) is 9.83. The zero-order valence-electron chi connectivity index (χ0n) is 24.3. The highest BCUT2D eigenvalue weighted by Crippen LogP contribution is 2.36. The Morgan fingerprint density at radius 1 is 0.404 bits per heavy atom. The SMILES string of the molecule is Brc1ccccc1-c1ccccc1Br.C.Nc1ccccc1-c1ccccc1N.O=[N+]([O-])c1ccccc1-c1ccccc1[N+](=O)[O-]. The number of nitro groups is 2. The lowest BCUT2D eigenvalue weighted by atomic mass is 10.0. The Hall–Kier alpha value is -5.32. The van der Waals surface area contributed by atoms with Gasteiger partial charge in [-0.25, -0.2) is 0 Å². The first-order valence-corrected chi connectivity index (χ1v) is 15.4. The zero-order chi connectivity index (χ0) is 33.1. The topological polar surface area (TPSA) is 138 Å². The van der Waals surface area contributed by atoms with Crippen LogP contribution in [0.2, 0.25) is 0 Å². The van der Waals surface area contributed by atoms with Crippen molar-refractivity contribution in [1.29, 1.82) is 0 Å². The third kappa shape index (κ3) is 9.35. The van der Waals surface area contributed by atoms with Crippen molar-refractivity contribution >= 4 is 54.6 Å². The van der Waals surface area contributed by atoms with Gasteiger partial charge in [0.1, 0.15) is 0 Å². The van der Waals surface area contributed by atoms with Gasteiger partial charge in [-0.15, -0.1) is 0 Å². The van der Waals surface area contributed by atoms with Gasteiger partial charge in [0.2, 0.25) is 0 Å². The molecule has 0 radical (unpaired) electrons. The van der Waals surface area contributed by atoms with Crippen LogP contribution in [-0.4, -0.2) is 9.85 Å². The Kier molecular flexibility index (Phi) is 13.4. The minimum absolute atomic E-state index is 0. The molecule has 0 spiro atoms. The van der Waals surface area contributed by atoms with Crippen LogP contribution in [0.15, 0.2) is 155 Å². The lowest BCUT2D eigenvalue weighted by Crippen LogP contribution is -1.95. The van der Waals surface area contributed by atoms with E-state index in [0.29, 0.717) is 0 Å². The summed E-state index contributed by atoms with van der Waals surface area (Å²) < 4.78 is 2.24. The van der Waals surface area contributed by atoms with Gasteiger partial charge in [-0.05, 0) is 47.5 Å². The van der Waals surface area contributed by atoms with Crippen LogP contribution in [0.4, 0.5) is 22.7 Å². The van der Waals surface area contributed by atoms with Gasteiger partial charge in [0.25, 0.3) is 11.4 Å². The molecule has 0 amide bonds. The van der Waals surface area contributed by atoms with Gasteiger partial charge < -0.3 is 11.5 Å². The number of para-hydroxylation sites is 4. The molecular weight excluding hydrogens is 724 g/mol. The van der Waals surface area contributed by atoms with Crippen LogP contribution in [0.3, 0.4) is 0 Å². The van der Waals surface area contributed by atoms with E-state index >= 15 is 0 Å².